The van der Waals surface area contributed by atoms with Gasteiger partial charge >= 0.3 is 0 Å². The number of anilines is 3. The number of ether oxygens (including phenoxy) is 1. The molecule has 0 radical (unpaired) electrons. The highest BCUT2D eigenvalue weighted by molar-refractivity contribution is 6.39. The molecule has 3 aromatic carbocycles. The highest BCUT2D eigenvalue weighted by Crippen LogP contribution is 2.36. The minimum absolute atomic E-state index is 0.559. The third-order valence-corrected chi connectivity index (χ3v) is 6.25. The van der Waals surface area contributed by atoms with Crippen molar-refractivity contribution in [3.63, 3.8) is 0 Å². The molecule has 5 rings (SSSR count). The van der Waals surface area contributed by atoms with E-state index in [0.29, 0.717) is 16.6 Å². The van der Waals surface area contributed by atoms with Gasteiger partial charge in [-0.25, -0.2) is 0 Å². The number of benzene rings is 3. The molecule has 0 spiro atoms. The molecule has 0 aliphatic rings. The molecule has 5 aromatic rings. The fraction of sp³-hybridized carbons (Fsp3) is 0.115. The summed E-state index contributed by atoms with van der Waals surface area (Å²) in [5, 5.41) is 10.1. The van der Waals surface area contributed by atoms with Crippen LogP contribution in [0.15, 0.2) is 73.1 Å². The molecule has 3 N–H and O–H groups in total. The van der Waals surface area contributed by atoms with Gasteiger partial charge in [-0.1, -0.05) is 53.5 Å². The van der Waals surface area contributed by atoms with Crippen molar-refractivity contribution in [3.05, 3.63) is 88.7 Å². The molecule has 0 aliphatic carbocycles. The number of nitrogens with one attached hydrogen (secondary N) is 3. The number of aromatic nitrogens is 2. The maximum atomic E-state index is 6.59. The van der Waals surface area contributed by atoms with Crippen LogP contribution in [0.25, 0.3) is 21.8 Å². The van der Waals surface area contributed by atoms with E-state index in [1.54, 1.807) is 13.3 Å². The van der Waals surface area contributed by atoms with Gasteiger partial charge in [0, 0.05) is 41.1 Å². The number of nitrogens with zero attached hydrogens (tertiary/aromatic N) is 1. The van der Waals surface area contributed by atoms with Crippen LogP contribution in [0.4, 0.5) is 17.1 Å². The second kappa shape index (κ2) is 9.22. The minimum Gasteiger partial charge on any atom is -0.495 e. The van der Waals surface area contributed by atoms with Crippen molar-refractivity contribution in [2.45, 2.75) is 6.42 Å². The molecule has 2 aromatic heterocycles. The molecule has 0 unspecified atom stereocenters. The topological polar surface area (TPSA) is 62.0 Å². The summed E-state index contributed by atoms with van der Waals surface area (Å²) in [6.45, 7) is 0.686. The van der Waals surface area contributed by atoms with Gasteiger partial charge in [0.15, 0.2) is 0 Å². The number of fused-ring (bicyclic) bond motifs is 2. The average molecular weight is 477 g/mol. The van der Waals surface area contributed by atoms with E-state index in [1.807, 2.05) is 60.8 Å². The third-order valence-electron chi connectivity index (χ3n) is 5.65. The first-order valence-electron chi connectivity index (χ1n) is 10.6. The van der Waals surface area contributed by atoms with Crippen LogP contribution in [-0.2, 0) is 6.42 Å². The van der Waals surface area contributed by atoms with Gasteiger partial charge in [-0.3, -0.25) is 4.98 Å². The largest absolute Gasteiger partial charge is 0.495 e. The first-order valence-corrected chi connectivity index (χ1v) is 11.4. The van der Waals surface area contributed by atoms with Crippen LogP contribution in [0.1, 0.15) is 5.56 Å². The number of hydrogen-bond acceptors (Lipinski definition) is 4. The predicted octanol–water partition coefficient (Wildman–Crippen LogP) is 7.43. The Morgan fingerprint density at radius 2 is 1.76 bits per heavy atom. The summed E-state index contributed by atoms with van der Waals surface area (Å²) in [7, 11) is 1.68. The van der Waals surface area contributed by atoms with Crippen molar-refractivity contribution in [1.82, 2.24) is 9.97 Å². The van der Waals surface area contributed by atoms with Crippen LogP contribution in [0.5, 0.6) is 5.75 Å². The summed E-state index contributed by atoms with van der Waals surface area (Å²) in [5.74, 6) is 0.836. The number of aromatic amines is 1. The lowest BCUT2D eigenvalue weighted by molar-refractivity contribution is 0.419. The molecule has 5 nitrogen and oxygen atoms in total. The molecule has 0 bridgehead atoms. The number of methoxy groups -OCH3 is 1. The van der Waals surface area contributed by atoms with E-state index in [4.69, 9.17) is 27.9 Å². The second-order valence-electron chi connectivity index (χ2n) is 7.69. The highest BCUT2D eigenvalue weighted by atomic mass is 35.5. The zero-order chi connectivity index (χ0) is 22.8. The normalized spacial score (nSPS) is 11.1. The van der Waals surface area contributed by atoms with Gasteiger partial charge in [-0.2, -0.15) is 0 Å². The van der Waals surface area contributed by atoms with Crippen LogP contribution in [0, 0.1) is 0 Å². The van der Waals surface area contributed by atoms with E-state index in [-0.39, 0.29) is 0 Å². The Morgan fingerprint density at radius 1 is 0.970 bits per heavy atom. The molecule has 166 valence electrons. The third kappa shape index (κ3) is 4.30. The second-order valence-corrected chi connectivity index (χ2v) is 8.50. The van der Waals surface area contributed by atoms with E-state index < -0.39 is 0 Å². The Morgan fingerprint density at radius 3 is 2.58 bits per heavy atom. The van der Waals surface area contributed by atoms with Crippen molar-refractivity contribution in [2.24, 2.45) is 0 Å². The first kappa shape index (κ1) is 21.4. The lowest BCUT2D eigenvalue weighted by Gasteiger charge is -2.14. The summed E-state index contributed by atoms with van der Waals surface area (Å²) in [6.07, 6.45) is 4.61. The Hall–Kier alpha value is -3.41. The standard InChI is InChI=1S/C26H22Cl2N4O/c1-33-24-8-4-6-18-16(15-31-25(18)24)9-11-30-26-20(27)13-17(14-21(26)28)32-23-10-12-29-22-7-3-2-5-19(22)23/h2-8,10,12-15,30-31H,9,11H2,1H3,(H,29,32). The smallest absolute Gasteiger partial charge is 0.142 e. The number of halogens is 2. The van der Waals surface area contributed by atoms with Gasteiger partial charge in [0.1, 0.15) is 5.75 Å². The lowest BCUT2D eigenvalue weighted by atomic mass is 10.1. The van der Waals surface area contributed by atoms with Gasteiger partial charge in [0.25, 0.3) is 0 Å². The molecule has 0 amide bonds. The molecule has 33 heavy (non-hydrogen) atoms. The van der Waals surface area contributed by atoms with Gasteiger partial charge < -0.3 is 20.4 Å². The minimum atomic E-state index is 0.559. The van der Waals surface area contributed by atoms with Gasteiger partial charge in [-0.15, -0.1) is 0 Å². The lowest BCUT2D eigenvalue weighted by Crippen LogP contribution is -2.06. The zero-order valence-corrected chi connectivity index (χ0v) is 19.5. The van der Waals surface area contributed by atoms with Crippen LogP contribution in [-0.4, -0.2) is 23.6 Å². The van der Waals surface area contributed by atoms with E-state index in [0.717, 1.165) is 51.0 Å². The first-order chi connectivity index (χ1) is 16.1. The van der Waals surface area contributed by atoms with E-state index >= 15 is 0 Å². The number of para-hydroxylation sites is 2. The molecule has 2 heterocycles. The molecule has 0 aliphatic heterocycles. The number of pyridine rings is 1. The van der Waals surface area contributed by atoms with E-state index in [2.05, 4.69) is 26.7 Å². The Bertz CT molecular complexity index is 1420. The average Bonchev–Trinajstić information content (AvgIpc) is 3.24. The molecular formula is C26H22Cl2N4O. The summed E-state index contributed by atoms with van der Waals surface area (Å²) in [4.78, 5) is 7.71. The fourth-order valence-corrected chi connectivity index (χ4v) is 4.68. The van der Waals surface area contributed by atoms with Crippen LogP contribution in [0.2, 0.25) is 10.0 Å². The van der Waals surface area contributed by atoms with Crippen molar-refractivity contribution >= 4 is 62.1 Å². The Balaban J connectivity index is 1.31. The number of H-pyrrole nitrogens is 1. The summed E-state index contributed by atoms with van der Waals surface area (Å²) in [5.41, 5.74) is 5.62. The number of hydrogen-bond donors (Lipinski definition) is 3. The molecule has 0 atom stereocenters. The maximum absolute atomic E-state index is 6.59. The van der Waals surface area contributed by atoms with Gasteiger partial charge in [0.05, 0.1) is 33.9 Å². The zero-order valence-electron chi connectivity index (χ0n) is 18.0. The molecular weight excluding hydrogens is 455 g/mol. The molecule has 0 saturated carbocycles. The molecule has 7 heteroatoms. The van der Waals surface area contributed by atoms with Crippen molar-refractivity contribution in [1.29, 1.82) is 0 Å². The predicted molar refractivity (Wildman–Crippen MR) is 139 cm³/mol. The Kier molecular flexibility index (Phi) is 5.99. The van der Waals surface area contributed by atoms with Gasteiger partial charge in [0.2, 0.25) is 0 Å². The maximum Gasteiger partial charge on any atom is 0.142 e. The molecule has 0 saturated heterocycles. The van der Waals surface area contributed by atoms with Crippen LogP contribution in [0.3, 0.4) is 0 Å². The van der Waals surface area contributed by atoms with Gasteiger partial charge in [-0.05, 0) is 42.3 Å². The highest BCUT2D eigenvalue weighted by Gasteiger charge is 2.11. The van der Waals surface area contributed by atoms with Crippen molar-refractivity contribution in [2.75, 3.05) is 24.3 Å². The van der Waals surface area contributed by atoms with Crippen LogP contribution >= 0.6 is 23.2 Å². The van der Waals surface area contributed by atoms with Crippen molar-refractivity contribution in [3.8, 4) is 5.75 Å². The molecule has 0 fully saturated rings. The monoisotopic (exact) mass is 476 g/mol. The van der Waals surface area contributed by atoms with E-state index in [9.17, 15) is 0 Å². The summed E-state index contributed by atoms with van der Waals surface area (Å²) in [6, 6.07) is 19.7. The quantitative estimate of drug-likeness (QED) is 0.228. The summed E-state index contributed by atoms with van der Waals surface area (Å²) >= 11 is 13.2. The Labute approximate surface area is 201 Å². The van der Waals surface area contributed by atoms with E-state index in [1.165, 1.54) is 5.56 Å². The fourth-order valence-electron chi connectivity index (χ4n) is 4.06. The van der Waals surface area contributed by atoms with Crippen LogP contribution < -0.4 is 15.4 Å². The number of rotatable bonds is 7. The summed E-state index contributed by atoms with van der Waals surface area (Å²) < 4.78 is 5.43. The van der Waals surface area contributed by atoms with Crippen molar-refractivity contribution < 1.29 is 4.74 Å². The SMILES string of the molecule is COc1cccc2c(CCNc3c(Cl)cc(Nc4ccnc5ccccc45)cc3Cl)c[nH]c12.